The number of nitrogens with one attached hydrogen (secondary N) is 2. The molecule has 0 atom stereocenters. The first-order valence-electron chi connectivity index (χ1n) is 7.50. The number of methoxy groups -OCH3 is 1. The maximum absolute atomic E-state index is 14.2. The van der Waals surface area contributed by atoms with Crippen LogP contribution in [-0.2, 0) is 6.54 Å². The van der Waals surface area contributed by atoms with Crippen LogP contribution in [0.4, 0.5) is 24.5 Å². The van der Waals surface area contributed by atoms with Gasteiger partial charge in [0.25, 0.3) is 5.91 Å². The Hall–Kier alpha value is -2.90. The van der Waals surface area contributed by atoms with E-state index < -0.39 is 29.1 Å². The van der Waals surface area contributed by atoms with E-state index in [9.17, 15) is 18.0 Å². The molecule has 25 heavy (non-hydrogen) atoms. The van der Waals surface area contributed by atoms with Crippen LogP contribution in [0.2, 0.25) is 0 Å². The minimum Gasteiger partial charge on any atom is -0.491 e. The molecule has 1 heterocycles. The lowest BCUT2D eigenvalue weighted by Gasteiger charge is -2.16. The summed E-state index contributed by atoms with van der Waals surface area (Å²) in [6.45, 7) is 0.407. The average molecular weight is 351 g/mol. The molecule has 0 saturated carbocycles. The minimum atomic E-state index is -0.983. The van der Waals surface area contributed by atoms with E-state index in [1.807, 2.05) is 4.90 Å². The number of hydrogen-bond donors (Lipinski definition) is 2. The van der Waals surface area contributed by atoms with Gasteiger partial charge in [0.2, 0.25) is 0 Å². The molecule has 0 bridgehead atoms. The molecule has 0 spiro atoms. The first-order valence-corrected chi connectivity index (χ1v) is 7.50. The molecule has 2 N–H and O–H groups in total. The summed E-state index contributed by atoms with van der Waals surface area (Å²) in [6, 6.07) is 4.67. The molecule has 1 aliphatic heterocycles. The molecular weight excluding hydrogens is 335 g/mol. The fourth-order valence-electron chi connectivity index (χ4n) is 2.80. The molecule has 0 aromatic heterocycles. The highest BCUT2D eigenvalue weighted by molar-refractivity contribution is 5.94. The van der Waals surface area contributed by atoms with Gasteiger partial charge in [-0.2, -0.15) is 0 Å². The molecule has 0 aliphatic carbocycles. The Morgan fingerprint density at radius 2 is 1.92 bits per heavy atom. The van der Waals surface area contributed by atoms with Gasteiger partial charge in [-0.15, -0.1) is 0 Å². The van der Waals surface area contributed by atoms with Crippen LogP contribution in [0.25, 0.3) is 0 Å². The molecule has 1 aliphatic rings. The van der Waals surface area contributed by atoms with Crippen molar-refractivity contribution in [3.8, 4) is 5.75 Å². The quantitative estimate of drug-likeness (QED) is 0.889. The van der Waals surface area contributed by atoms with E-state index in [0.29, 0.717) is 17.9 Å². The number of carbonyl (C=O) groups excluding carboxylic acids is 1. The van der Waals surface area contributed by atoms with E-state index >= 15 is 0 Å². The molecule has 8 heteroatoms. The number of nitrogens with zero attached hydrogens (tertiary/aromatic N) is 1. The van der Waals surface area contributed by atoms with Gasteiger partial charge < -0.3 is 20.3 Å². The fraction of sp³-hybridized carbons (Fsp3) is 0.235. The number of amides is 1. The summed E-state index contributed by atoms with van der Waals surface area (Å²) in [7, 11) is 2.92. The van der Waals surface area contributed by atoms with Crippen molar-refractivity contribution in [3.63, 3.8) is 0 Å². The van der Waals surface area contributed by atoms with E-state index in [1.165, 1.54) is 6.07 Å². The molecule has 2 aromatic rings. The van der Waals surface area contributed by atoms with E-state index in [4.69, 9.17) is 0 Å². The van der Waals surface area contributed by atoms with Gasteiger partial charge in [0.15, 0.2) is 17.4 Å². The molecule has 1 amide bonds. The lowest BCUT2D eigenvalue weighted by molar-refractivity contribution is 0.0949. The summed E-state index contributed by atoms with van der Waals surface area (Å²) < 4.78 is 46.2. The average Bonchev–Trinajstić information content (AvgIpc) is 2.95. The monoisotopic (exact) mass is 351 g/mol. The van der Waals surface area contributed by atoms with Crippen LogP contribution in [0.3, 0.4) is 0 Å². The van der Waals surface area contributed by atoms with Crippen molar-refractivity contribution >= 4 is 17.3 Å². The molecular formula is C17H16F3N3O2. The molecule has 5 nitrogen and oxygen atoms in total. The Balaban J connectivity index is 1.81. The summed E-state index contributed by atoms with van der Waals surface area (Å²) >= 11 is 0. The summed E-state index contributed by atoms with van der Waals surface area (Å²) in [5.74, 6) is -3.71. The predicted octanol–water partition coefficient (Wildman–Crippen LogP) is 2.86. The van der Waals surface area contributed by atoms with Gasteiger partial charge in [0.1, 0.15) is 5.82 Å². The Morgan fingerprint density at radius 1 is 1.24 bits per heavy atom. The molecule has 2 aromatic carbocycles. The molecule has 3 rings (SSSR count). The highest BCUT2D eigenvalue weighted by Gasteiger charge is 2.23. The second kappa shape index (κ2) is 6.54. The number of hydrogen-bond acceptors (Lipinski definition) is 4. The lowest BCUT2D eigenvalue weighted by atomic mass is 10.1. The van der Waals surface area contributed by atoms with E-state index in [-0.39, 0.29) is 12.1 Å². The van der Waals surface area contributed by atoms with Crippen LogP contribution in [0.5, 0.6) is 5.75 Å². The van der Waals surface area contributed by atoms with Crippen molar-refractivity contribution in [2.24, 2.45) is 0 Å². The van der Waals surface area contributed by atoms with Crippen molar-refractivity contribution in [1.82, 2.24) is 5.32 Å². The zero-order chi connectivity index (χ0) is 18.1. The van der Waals surface area contributed by atoms with Gasteiger partial charge in [-0.1, -0.05) is 0 Å². The maximum atomic E-state index is 14.2. The topological polar surface area (TPSA) is 53.6 Å². The second-order valence-corrected chi connectivity index (χ2v) is 5.61. The Bertz CT molecular complexity index is 819. The first kappa shape index (κ1) is 16.9. The second-order valence-electron chi connectivity index (χ2n) is 5.61. The number of halogens is 3. The fourth-order valence-corrected chi connectivity index (χ4v) is 2.80. The highest BCUT2D eigenvalue weighted by Crippen LogP contribution is 2.35. The third-order valence-electron chi connectivity index (χ3n) is 4.00. The van der Waals surface area contributed by atoms with Crippen LogP contribution in [0.1, 0.15) is 15.9 Å². The van der Waals surface area contributed by atoms with Crippen LogP contribution < -0.4 is 20.3 Å². The molecule has 132 valence electrons. The Kier molecular flexibility index (Phi) is 4.43. The van der Waals surface area contributed by atoms with Gasteiger partial charge in [-0.05, 0) is 24.3 Å². The number of benzene rings is 2. The first-order chi connectivity index (χ1) is 11.9. The summed E-state index contributed by atoms with van der Waals surface area (Å²) in [6.07, 6.45) is 0. The number of ether oxygens (including phenoxy) is 1. The van der Waals surface area contributed by atoms with Crippen LogP contribution >= 0.6 is 0 Å². The van der Waals surface area contributed by atoms with Gasteiger partial charge in [-0.25, -0.2) is 13.2 Å². The third kappa shape index (κ3) is 3.07. The van der Waals surface area contributed by atoms with Gasteiger partial charge in [0.05, 0.1) is 25.2 Å². The maximum Gasteiger partial charge on any atom is 0.251 e. The van der Waals surface area contributed by atoms with Crippen LogP contribution in [0.15, 0.2) is 24.3 Å². The standard InChI is InChI=1S/C17H16F3N3O2/c1-23-8-22-14-4-3-11(18)10(15(14)23)7-21-17(24)9-5-12(19)16(25-2)13(20)6-9/h3-6,22H,7-8H2,1-2H3,(H,21,24). The van der Waals surface area contributed by atoms with Crippen molar-refractivity contribution in [2.75, 3.05) is 31.0 Å². The molecule has 0 unspecified atom stereocenters. The summed E-state index contributed by atoms with van der Waals surface area (Å²) in [5, 5.41) is 5.59. The SMILES string of the molecule is COc1c(F)cc(C(=O)NCc2c(F)ccc3c2N(C)CN3)cc1F. The number of anilines is 2. The lowest BCUT2D eigenvalue weighted by Crippen LogP contribution is -2.25. The van der Waals surface area contributed by atoms with Crippen LogP contribution in [-0.4, -0.2) is 26.7 Å². The summed E-state index contributed by atoms with van der Waals surface area (Å²) in [4.78, 5) is 14.0. The van der Waals surface area contributed by atoms with Gasteiger partial charge in [0, 0.05) is 24.7 Å². The Labute approximate surface area is 142 Å². The van der Waals surface area contributed by atoms with Crippen molar-refractivity contribution in [3.05, 3.63) is 52.8 Å². The Morgan fingerprint density at radius 3 is 2.56 bits per heavy atom. The number of fused-ring (bicyclic) bond motifs is 1. The van der Waals surface area contributed by atoms with Crippen molar-refractivity contribution < 1.29 is 22.7 Å². The zero-order valence-corrected chi connectivity index (χ0v) is 13.6. The number of carbonyl (C=O) groups is 1. The largest absolute Gasteiger partial charge is 0.491 e. The van der Waals surface area contributed by atoms with E-state index in [1.54, 1.807) is 13.1 Å². The van der Waals surface area contributed by atoms with Crippen molar-refractivity contribution in [2.45, 2.75) is 6.54 Å². The predicted molar refractivity (Wildman–Crippen MR) is 87.4 cm³/mol. The van der Waals surface area contributed by atoms with E-state index in [2.05, 4.69) is 15.4 Å². The zero-order valence-electron chi connectivity index (χ0n) is 13.6. The number of rotatable bonds is 4. The highest BCUT2D eigenvalue weighted by atomic mass is 19.1. The van der Waals surface area contributed by atoms with Crippen LogP contribution in [0, 0.1) is 17.5 Å². The molecule has 0 fully saturated rings. The third-order valence-corrected chi connectivity index (χ3v) is 4.00. The molecule has 0 radical (unpaired) electrons. The minimum absolute atomic E-state index is 0.116. The van der Waals surface area contributed by atoms with Crippen molar-refractivity contribution in [1.29, 1.82) is 0 Å². The smallest absolute Gasteiger partial charge is 0.251 e. The summed E-state index contributed by atoms with van der Waals surface area (Å²) in [5.41, 5.74) is 1.49. The molecule has 0 saturated heterocycles. The normalized spacial score (nSPS) is 12.6. The van der Waals surface area contributed by atoms with Gasteiger partial charge >= 0.3 is 0 Å². The van der Waals surface area contributed by atoms with E-state index in [0.717, 1.165) is 24.9 Å². The van der Waals surface area contributed by atoms with Gasteiger partial charge in [-0.3, -0.25) is 4.79 Å².